The van der Waals surface area contributed by atoms with E-state index in [0.29, 0.717) is 26.5 Å². The highest BCUT2D eigenvalue weighted by atomic mass is 35.5. The molecule has 2 aromatic rings. The number of nitrogens with zero attached hydrogens (tertiary/aromatic N) is 2. The maximum absolute atomic E-state index is 13.3. The van der Waals surface area contributed by atoms with E-state index in [2.05, 4.69) is 16.2 Å². The van der Waals surface area contributed by atoms with Crippen molar-refractivity contribution < 1.29 is 4.79 Å². The quantitative estimate of drug-likeness (QED) is 0.371. The Labute approximate surface area is 212 Å². The minimum Gasteiger partial charge on any atom is -0.332 e. The van der Waals surface area contributed by atoms with Crippen molar-refractivity contribution in [3.05, 3.63) is 80.8 Å². The first-order chi connectivity index (χ1) is 15.8. The van der Waals surface area contributed by atoms with Crippen molar-refractivity contribution in [2.45, 2.75) is 19.0 Å². The molecule has 0 aromatic heterocycles. The maximum Gasteiger partial charge on any atom is 0.272 e. The molecule has 0 fully saturated rings. The van der Waals surface area contributed by atoms with Crippen LogP contribution in [0, 0.1) is 0 Å². The number of carbonyl (C=O) groups is 1. The van der Waals surface area contributed by atoms with Gasteiger partial charge < -0.3 is 10.2 Å². The van der Waals surface area contributed by atoms with Crippen LogP contribution < -0.4 is 21.1 Å². The van der Waals surface area contributed by atoms with Gasteiger partial charge in [-0.05, 0) is 67.5 Å². The first kappa shape index (κ1) is 23.6. The molecule has 170 valence electrons. The van der Waals surface area contributed by atoms with Crippen molar-refractivity contribution in [2.75, 3.05) is 17.4 Å². The van der Waals surface area contributed by atoms with Crippen LogP contribution in [0.4, 0.5) is 11.4 Å². The standard InChI is InChI=1S/C23H20Cl3N5OS/c1-31-19-11-8-14(25)12-17(19)20(16-4-2-3-5-18(16)26)27-21(22(31)32)28-23(33)30-29-15-9-6-13(24)7-10-15/h4-12,21,29H,2-3H2,1H3,(H2,28,30,33). The summed E-state index contributed by atoms with van der Waals surface area (Å²) in [6, 6.07) is 12.4. The molecule has 0 spiro atoms. The highest BCUT2D eigenvalue weighted by molar-refractivity contribution is 7.80. The molecule has 1 amide bonds. The van der Waals surface area contributed by atoms with Crippen LogP contribution in [0.15, 0.2) is 70.2 Å². The smallest absolute Gasteiger partial charge is 0.272 e. The predicted octanol–water partition coefficient (Wildman–Crippen LogP) is 5.42. The van der Waals surface area contributed by atoms with E-state index < -0.39 is 6.17 Å². The van der Waals surface area contributed by atoms with Crippen molar-refractivity contribution in [3.8, 4) is 0 Å². The van der Waals surface area contributed by atoms with Crippen LogP contribution >= 0.6 is 47.0 Å². The maximum atomic E-state index is 13.3. The Balaban J connectivity index is 1.64. The van der Waals surface area contributed by atoms with Crippen LogP contribution in [0.2, 0.25) is 10.0 Å². The van der Waals surface area contributed by atoms with Crippen LogP contribution in [0.5, 0.6) is 0 Å². The van der Waals surface area contributed by atoms with Crippen molar-refractivity contribution in [1.82, 2.24) is 10.7 Å². The molecule has 3 N–H and O–H groups in total. The summed E-state index contributed by atoms with van der Waals surface area (Å²) < 4.78 is 0. The molecule has 4 rings (SSSR count). The number of fused-ring (bicyclic) bond motifs is 1. The van der Waals surface area contributed by atoms with Gasteiger partial charge in [-0.3, -0.25) is 15.6 Å². The fourth-order valence-corrected chi connectivity index (χ4v) is 4.27. The number of rotatable bonds is 4. The van der Waals surface area contributed by atoms with Gasteiger partial charge >= 0.3 is 0 Å². The average Bonchev–Trinajstić information content (AvgIpc) is 2.89. The molecule has 1 heterocycles. The van der Waals surface area contributed by atoms with E-state index in [1.165, 1.54) is 4.90 Å². The number of benzodiazepines with no additional fused rings is 1. The highest BCUT2D eigenvalue weighted by Crippen LogP contribution is 2.34. The zero-order valence-electron chi connectivity index (χ0n) is 17.5. The normalized spacial score (nSPS) is 17.8. The van der Waals surface area contributed by atoms with E-state index >= 15 is 0 Å². The third-order valence-electron chi connectivity index (χ3n) is 5.18. The van der Waals surface area contributed by atoms with E-state index in [1.54, 1.807) is 49.5 Å². The average molecular weight is 521 g/mol. The van der Waals surface area contributed by atoms with Crippen molar-refractivity contribution >= 4 is 75.1 Å². The lowest BCUT2D eigenvalue weighted by atomic mass is 9.96. The molecule has 1 aliphatic carbocycles. The van der Waals surface area contributed by atoms with Crippen LogP contribution in [0.1, 0.15) is 18.4 Å². The number of likely N-dealkylation sites (N-methyl/N-ethyl adjacent to an activating group) is 1. The number of allylic oxidation sites excluding steroid dienone is 4. The zero-order chi connectivity index (χ0) is 23.5. The van der Waals surface area contributed by atoms with Crippen molar-refractivity contribution in [1.29, 1.82) is 0 Å². The largest absolute Gasteiger partial charge is 0.332 e. The molecule has 0 saturated carbocycles. The van der Waals surface area contributed by atoms with Crippen LogP contribution in [-0.2, 0) is 4.79 Å². The van der Waals surface area contributed by atoms with Gasteiger partial charge in [0.2, 0.25) is 6.17 Å². The number of nitrogens with one attached hydrogen (secondary N) is 3. The van der Waals surface area contributed by atoms with Crippen molar-refractivity contribution in [3.63, 3.8) is 0 Å². The number of aliphatic imine (C=N–C) groups is 1. The summed E-state index contributed by atoms with van der Waals surface area (Å²) in [4.78, 5) is 19.6. The van der Waals surface area contributed by atoms with Gasteiger partial charge in [-0.1, -0.05) is 47.0 Å². The Bertz CT molecular complexity index is 1190. The summed E-state index contributed by atoms with van der Waals surface area (Å²) in [6.45, 7) is 0. The Morgan fingerprint density at radius 2 is 1.76 bits per heavy atom. The summed E-state index contributed by atoms with van der Waals surface area (Å²) in [5.74, 6) is -0.277. The molecule has 33 heavy (non-hydrogen) atoms. The monoisotopic (exact) mass is 519 g/mol. The molecule has 10 heteroatoms. The first-order valence-corrected chi connectivity index (χ1v) is 11.7. The number of anilines is 2. The highest BCUT2D eigenvalue weighted by Gasteiger charge is 2.32. The van der Waals surface area contributed by atoms with Gasteiger partial charge in [-0.15, -0.1) is 0 Å². The summed E-state index contributed by atoms with van der Waals surface area (Å²) >= 11 is 24.1. The molecule has 1 aliphatic heterocycles. The number of thiocarbonyl (C=S) groups is 1. The lowest BCUT2D eigenvalue weighted by Gasteiger charge is -2.22. The number of hydrogen-bond donors (Lipinski definition) is 3. The van der Waals surface area contributed by atoms with E-state index in [4.69, 9.17) is 52.0 Å². The first-order valence-electron chi connectivity index (χ1n) is 10.1. The third-order valence-corrected chi connectivity index (χ3v) is 6.25. The molecular weight excluding hydrogens is 501 g/mol. The molecule has 0 bridgehead atoms. The van der Waals surface area contributed by atoms with Gasteiger partial charge in [0.15, 0.2) is 5.11 Å². The molecule has 0 saturated heterocycles. The molecule has 0 radical (unpaired) electrons. The molecule has 2 aromatic carbocycles. The third kappa shape index (κ3) is 5.33. The topological polar surface area (TPSA) is 68.8 Å². The van der Waals surface area contributed by atoms with Gasteiger partial charge in [0.25, 0.3) is 5.91 Å². The fraction of sp³-hybridized carbons (Fsp3) is 0.174. The summed E-state index contributed by atoms with van der Waals surface area (Å²) in [7, 11) is 1.69. The van der Waals surface area contributed by atoms with Gasteiger partial charge in [-0.2, -0.15) is 0 Å². The van der Waals surface area contributed by atoms with Crippen LogP contribution in [0.25, 0.3) is 0 Å². The lowest BCUT2D eigenvalue weighted by Crippen LogP contribution is -2.50. The second-order valence-corrected chi connectivity index (χ2v) is 9.10. The Morgan fingerprint density at radius 1 is 1.06 bits per heavy atom. The molecule has 1 unspecified atom stereocenters. The second kappa shape index (κ2) is 10.1. The van der Waals surface area contributed by atoms with Crippen LogP contribution in [0.3, 0.4) is 0 Å². The SMILES string of the molecule is CN1C(=O)C(NC(=S)NNc2ccc(Cl)cc2)N=C(C2=CCCC=C2Cl)c2cc(Cl)ccc21. The molecule has 1 atom stereocenters. The predicted molar refractivity (Wildman–Crippen MR) is 140 cm³/mol. The van der Waals surface area contributed by atoms with Gasteiger partial charge in [0.05, 0.1) is 17.1 Å². The molecule has 2 aliphatic rings. The van der Waals surface area contributed by atoms with Gasteiger partial charge in [0.1, 0.15) is 0 Å². The summed E-state index contributed by atoms with van der Waals surface area (Å²) in [6.07, 6.45) is 4.67. The Morgan fingerprint density at radius 3 is 2.48 bits per heavy atom. The molecule has 6 nitrogen and oxygen atoms in total. The van der Waals surface area contributed by atoms with E-state index in [0.717, 1.165) is 29.7 Å². The van der Waals surface area contributed by atoms with E-state index in [1.807, 2.05) is 12.2 Å². The van der Waals surface area contributed by atoms with E-state index in [-0.39, 0.29) is 11.0 Å². The number of carbonyl (C=O) groups excluding carboxylic acids is 1. The number of halogens is 3. The zero-order valence-corrected chi connectivity index (χ0v) is 20.6. The number of benzene rings is 2. The van der Waals surface area contributed by atoms with Crippen molar-refractivity contribution in [2.24, 2.45) is 4.99 Å². The summed E-state index contributed by atoms with van der Waals surface area (Å²) in [5.41, 5.74) is 9.34. The van der Waals surface area contributed by atoms with Gasteiger partial charge in [-0.25, -0.2) is 4.99 Å². The lowest BCUT2D eigenvalue weighted by molar-refractivity contribution is -0.119. The second-order valence-electron chi connectivity index (χ2n) is 7.42. The minimum atomic E-state index is -0.976. The number of hydrogen-bond acceptors (Lipinski definition) is 4. The Hall–Kier alpha value is -2.58. The fourth-order valence-electron chi connectivity index (χ4n) is 3.53. The number of hydrazine groups is 1. The summed E-state index contributed by atoms with van der Waals surface area (Å²) in [5, 5.41) is 4.93. The number of amides is 1. The molecular formula is C23H20Cl3N5OS. The van der Waals surface area contributed by atoms with E-state index in [9.17, 15) is 4.79 Å². The van der Waals surface area contributed by atoms with Crippen LogP contribution in [-0.4, -0.2) is 29.9 Å². The minimum absolute atomic E-state index is 0.197. The van der Waals surface area contributed by atoms with Gasteiger partial charge in [0, 0.05) is 33.3 Å². The Kier molecular flexibility index (Phi) is 7.24.